The number of aromatic nitrogens is 3. The van der Waals surface area contributed by atoms with E-state index in [0.717, 1.165) is 22.5 Å². The molecule has 0 aliphatic rings. The Morgan fingerprint density at radius 2 is 2.43 bits per heavy atom. The van der Waals surface area contributed by atoms with Crippen LogP contribution in [0.4, 0.5) is 5.82 Å². The van der Waals surface area contributed by atoms with Crippen molar-refractivity contribution in [1.29, 1.82) is 0 Å². The van der Waals surface area contributed by atoms with Crippen LogP contribution in [0.5, 0.6) is 0 Å². The summed E-state index contributed by atoms with van der Waals surface area (Å²) in [6, 6.07) is 2.03. The van der Waals surface area contributed by atoms with Crippen molar-refractivity contribution in [3.05, 3.63) is 30.7 Å². The van der Waals surface area contributed by atoms with Gasteiger partial charge in [0.05, 0.1) is 5.39 Å². The lowest BCUT2D eigenvalue weighted by atomic mass is 10.3. The first-order valence-corrected chi connectivity index (χ1v) is 4.46. The standard InChI is InChI=1S/C10H12N4/c1-3-4-11-9-8-5-7(2)14-10(8)13-6-12-9/h3,5-6H,1,4H2,2H3,(H2,11,12,13,14). The van der Waals surface area contributed by atoms with Gasteiger partial charge in [-0.05, 0) is 13.0 Å². The lowest BCUT2D eigenvalue weighted by Gasteiger charge is -2.01. The first-order chi connectivity index (χ1) is 6.81. The molecule has 0 bridgehead atoms. The minimum Gasteiger partial charge on any atom is -0.366 e. The average Bonchev–Trinajstić information content (AvgIpc) is 2.55. The van der Waals surface area contributed by atoms with Crippen LogP contribution in [0.15, 0.2) is 25.0 Å². The number of nitrogens with one attached hydrogen (secondary N) is 2. The van der Waals surface area contributed by atoms with Gasteiger partial charge in [0.2, 0.25) is 0 Å². The van der Waals surface area contributed by atoms with Crippen LogP contribution in [0.2, 0.25) is 0 Å². The zero-order valence-corrected chi connectivity index (χ0v) is 8.04. The molecule has 0 fully saturated rings. The Bertz CT molecular complexity index is 458. The zero-order chi connectivity index (χ0) is 9.97. The lowest BCUT2D eigenvalue weighted by molar-refractivity contribution is 1.16. The summed E-state index contributed by atoms with van der Waals surface area (Å²) in [6.07, 6.45) is 3.34. The van der Waals surface area contributed by atoms with Crippen LogP contribution in [0.1, 0.15) is 5.69 Å². The van der Waals surface area contributed by atoms with Crippen LogP contribution >= 0.6 is 0 Å². The number of fused-ring (bicyclic) bond motifs is 1. The highest BCUT2D eigenvalue weighted by molar-refractivity contribution is 5.87. The van der Waals surface area contributed by atoms with E-state index in [1.165, 1.54) is 0 Å². The number of nitrogens with zero attached hydrogens (tertiary/aromatic N) is 2. The lowest BCUT2D eigenvalue weighted by Crippen LogP contribution is -2.00. The normalized spacial score (nSPS) is 10.4. The highest BCUT2D eigenvalue weighted by Crippen LogP contribution is 2.19. The van der Waals surface area contributed by atoms with Gasteiger partial charge in [-0.1, -0.05) is 6.08 Å². The summed E-state index contributed by atoms with van der Waals surface area (Å²) in [5.41, 5.74) is 1.95. The third-order valence-electron chi connectivity index (χ3n) is 1.97. The molecule has 2 heterocycles. The highest BCUT2D eigenvalue weighted by Gasteiger charge is 2.04. The van der Waals surface area contributed by atoms with Crippen LogP contribution in [0, 0.1) is 6.92 Å². The van der Waals surface area contributed by atoms with E-state index < -0.39 is 0 Å². The number of anilines is 1. The molecule has 0 aliphatic heterocycles. The summed E-state index contributed by atoms with van der Waals surface area (Å²) in [6.45, 7) is 6.35. The molecule has 4 heteroatoms. The molecule has 0 saturated carbocycles. The maximum Gasteiger partial charge on any atom is 0.143 e. The molecule has 2 aromatic rings. The van der Waals surface area contributed by atoms with Crippen molar-refractivity contribution in [2.24, 2.45) is 0 Å². The number of aromatic amines is 1. The smallest absolute Gasteiger partial charge is 0.143 e. The molecule has 0 radical (unpaired) electrons. The molecule has 2 N–H and O–H groups in total. The molecular formula is C10H12N4. The molecule has 0 atom stereocenters. The molecule has 2 rings (SSSR count). The van der Waals surface area contributed by atoms with Crippen molar-refractivity contribution in [2.45, 2.75) is 6.92 Å². The Hall–Kier alpha value is -1.84. The maximum absolute atomic E-state index is 4.17. The van der Waals surface area contributed by atoms with E-state index >= 15 is 0 Å². The van der Waals surface area contributed by atoms with Gasteiger partial charge in [-0.25, -0.2) is 9.97 Å². The van der Waals surface area contributed by atoms with Gasteiger partial charge in [0.25, 0.3) is 0 Å². The topological polar surface area (TPSA) is 53.6 Å². The summed E-state index contributed by atoms with van der Waals surface area (Å²) in [7, 11) is 0. The molecular weight excluding hydrogens is 176 g/mol. The Kier molecular flexibility index (Phi) is 2.18. The molecule has 0 spiro atoms. The first kappa shape index (κ1) is 8.74. The number of hydrogen-bond donors (Lipinski definition) is 2. The van der Waals surface area contributed by atoms with Crippen molar-refractivity contribution in [1.82, 2.24) is 15.0 Å². The molecule has 72 valence electrons. The largest absolute Gasteiger partial charge is 0.366 e. The fraction of sp³-hybridized carbons (Fsp3) is 0.200. The van der Waals surface area contributed by atoms with Gasteiger partial charge in [0, 0.05) is 12.2 Å². The van der Waals surface area contributed by atoms with E-state index in [1.807, 2.05) is 13.0 Å². The summed E-state index contributed by atoms with van der Waals surface area (Å²) < 4.78 is 0. The molecule has 0 amide bonds. The van der Waals surface area contributed by atoms with Gasteiger partial charge in [0.15, 0.2) is 0 Å². The van der Waals surface area contributed by atoms with Gasteiger partial charge in [0.1, 0.15) is 17.8 Å². The van der Waals surface area contributed by atoms with E-state index in [1.54, 1.807) is 12.4 Å². The minimum atomic E-state index is 0.705. The van der Waals surface area contributed by atoms with Crippen molar-refractivity contribution >= 4 is 16.9 Å². The monoisotopic (exact) mass is 188 g/mol. The van der Waals surface area contributed by atoms with Crippen molar-refractivity contribution in [3.8, 4) is 0 Å². The quantitative estimate of drug-likeness (QED) is 0.723. The molecule has 0 unspecified atom stereocenters. The third kappa shape index (κ3) is 1.46. The second-order valence-corrected chi connectivity index (χ2v) is 3.11. The van der Waals surface area contributed by atoms with Gasteiger partial charge >= 0.3 is 0 Å². The average molecular weight is 188 g/mol. The fourth-order valence-electron chi connectivity index (χ4n) is 1.38. The van der Waals surface area contributed by atoms with Crippen LogP contribution in [0.3, 0.4) is 0 Å². The molecule has 0 aliphatic carbocycles. The van der Waals surface area contributed by atoms with E-state index in [0.29, 0.717) is 6.54 Å². The molecule has 14 heavy (non-hydrogen) atoms. The Balaban J connectivity index is 2.47. The predicted molar refractivity (Wildman–Crippen MR) is 57.3 cm³/mol. The van der Waals surface area contributed by atoms with Crippen molar-refractivity contribution in [3.63, 3.8) is 0 Å². The summed E-state index contributed by atoms with van der Waals surface area (Å²) in [5.74, 6) is 0.847. The van der Waals surface area contributed by atoms with E-state index in [4.69, 9.17) is 0 Å². The summed E-state index contributed by atoms with van der Waals surface area (Å²) in [5, 5.41) is 4.18. The summed E-state index contributed by atoms with van der Waals surface area (Å²) in [4.78, 5) is 11.5. The molecule has 0 saturated heterocycles. The van der Waals surface area contributed by atoms with E-state index in [2.05, 4.69) is 26.8 Å². The number of aryl methyl sites for hydroxylation is 1. The molecule has 4 nitrogen and oxygen atoms in total. The van der Waals surface area contributed by atoms with Gasteiger partial charge in [-0.2, -0.15) is 0 Å². The van der Waals surface area contributed by atoms with E-state index in [9.17, 15) is 0 Å². The SMILES string of the molecule is C=CCNc1ncnc2[nH]c(C)cc12. The number of rotatable bonds is 3. The minimum absolute atomic E-state index is 0.705. The maximum atomic E-state index is 4.17. The predicted octanol–water partition coefficient (Wildman–Crippen LogP) is 1.86. The fourth-order valence-corrected chi connectivity index (χ4v) is 1.38. The Morgan fingerprint density at radius 1 is 1.57 bits per heavy atom. The second-order valence-electron chi connectivity index (χ2n) is 3.11. The summed E-state index contributed by atoms with van der Waals surface area (Å²) >= 11 is 0. The molecule has 2 aromatic heterocycles. The number of hydrogen-bond acceptors (Lipinski definition) is 3. The third-order valence-corrected chi connectivity index (χ3v) is 1.97. The molecule has 0 aromatic carbocycles. The van der Waals surface area contributed by atoms with Crippen LogP contribution in [-0.2, 0) is 0 Å². The zero-order valence-electron chi connectivity index (χ0n) is 8.04. The Morgan fingerprint density at radius 3 is 3.21 bits per heavy atom. The number of H-pyrrole nitrogens is 1. The van der Waals surface area contributed by atoms with Gasteiger partial charge in [-0.3, -0.25) is 0 Å². The van der Waals surface area contributed by atoms with Gasteiger partial charge < -0.3 is 10.3 Å². The first-order valence-electron chi connectivity index (χ1n) is 4.46. The second kappa shape index (κ2) is 3.49. The van der Waals surface area contributed by atoms with Crippen LogP contribution in [0.25, 0.3) is 11.0 Å². The van der Waals surface area contributed by atoms with Crippen molar-refractivity contribution in [2.75, 3.05) is 11.9 Å². The van der Waals surface area contributed by atoms with Gasteiger partial charge in [-0.15, -0.1) is 6.58 Å². The van der Waals surface area contributed by atoms with Crippen LogP contribution < -0.4 is 5.32 Å². The highest BCUT2D eigenvalue weighted by atomic mass is 15.0. The van der Waals surface area contributed by atoms with E-state index in [-0.39, 0.29) is 0 Å². The van der Waals surface area contributed by atoms with Crippen molar-refractivity contribution < 1.29 is 0 Å². The Labute approximate surface area is 82.1 Å². The van der Waals surface area contributed by atoms with Crippen LogP contribution in [-0.4, -0.2) is 21.5 Å².